The standard InChI is InChI=1S/C12H24N2/c1-12(2)5-3-6-14(10-12)7-4-11-8-13-9-11/h11,13H,3-10H2,1-2H3. The van der Waals surface area contributed by atoms with Crippen LogP contribution in [0.3, 0.4) is 0 Å². The molecular formula is C12H24N2. The Labute approximate surface area is 88.1 Å². The zero-order chi connectivity index (χ0) is 10.0. The molecular weight excluding hydrogens is 172 g/mol. The van der Waals surface area contributed by atoms with Crippen molar-refractivity contribution in [3.05, 3.63) is 0 Å². The van der Waals surface area contributed by atoms with Gasteiger partial charge in [-0.05, 0) is 56.8 Å². The summed E-state index contributed by atoms with van der Waals surface area (Å²) < 4.78 is 0. The quantitative estimate of drug-likeness (QED) is 0.739. The second-order valence-corrected chi connectivity index (χ2v) is 5.86. The lowest BCUT2D eigenvalue weighted by Gasteiger charge is -2.39. The number of hydrogen-bond donors (Lipinski definition) is 1. The molecule has 0 unspecified atom stereocenters. The fourth-order valence-electron chi connectivity index (χ4n) is 2.65. The highest BCUT2D eigenvalue weighted by molar-refractivity contribution is 4.81. The van der Waals surface area contributed by atoms with E-state index in [-0.39, 0.29) is 0 Å². The topological polar surface area (TPSA) is 15.3 Å². The van der Waals surface area contributed by atoms with Crippen molar-refractivity contribution in [3.8, 4) is 0 Å². The molecule has 0 spiro atoms. The monoisotopic (exact) mass is 196 g/mol. The van der Waals surface area contributed by atoms with Crippen molar-refractivity contribution in [1.29, 1.82) is 0 Å². The molecule has 1 N–H and O–H groups in total. The van der Waals surface area contributed by atoms with Crippen LogP contribution < -0.4 is 5.32 Å². The normalized spacial score (nSPS) is 28.7. The van der Waals surface area contributed by atoms with Gasteiger partial charge < -0.3 is 10.2 Å². The largest absolute Gasteiger partial charge is 0.316 e. The van der Waals surface area contributed by atoms with Crippen molar-refractivity contribution in [2.45, 2.75) is 33.1 Å². The summed E-state index contributed by atoms with van der Waals surface area (Å²) in [4.78, 5) is 2.67. The van der Waals surface area contributed by atoms with Gasteiger partial charge in [-0.1, -0.05) is 13.8 Å². The van der Waals surface area contributed by atoms with Gasteiger partial charge in [-0.25, -0.2) is 0 Å². The lowest BCUT2D eigenvalue weighted by Crippen LogP contribution is -2.45. The molecule has 0 radical (unpaired) electrons. The van der Waals surface area contributed by atoms with Crippen LogP contribution in [0.4, 0.5) is 0 Å². The van der Waals surface area contributed by atoms with Crippen LogP contribution in [0, 0.1) is 11.3 Å². The lowest BCUT2D eigenvalue weighted by atomic mass is 9.84. The van der Waals surface area contributed by atoms with Crippen LogP contribution in [0.5, 0.6) is 0 Å². The molecule has 2 rings (SSSR count). The van der Waals surface area contributed by atoms with E-state index in [2.05, 4.69) is 24.1 Å². The zero-order valence-electron chi connectivity index (χ0n) is 9.68. The molecule has 82 valence electrons. The average Bonchev–Trinajstić information content (AvgIpc) is 1.99. The first-order valence-corrected chi connectivity index (χ1v) is 6.09. The van der Waals surface area contributed by atoms with Gasteiger partial charge >= 0.3 is 0 Å². The van der Waals surface area contributed by atoms with E-state index in [0.717, 1.165) is 5.92 Å². The Balaban J connectivity index is 1.69. The van der Waals surface area contributed by atoms with Crippen molar-refractivity contribution in [2.75, 3.05) is 32.7 Å². The van der Waals surface area contributed by atoms with E-state index in [4.69, 9.17) is 0 Å². The third-order valence-corrected chi connectivity index (χ3v) is 3.70. The number of hydrogen-bond acceptors (Lipinski definition) is 2. The Kier molecular flexibility index (Phi) is 3.13. The van der Waals surface area contributed by atoms with Gasteiger partial charge in [0.2, 0.25) is 0 Å². The number of nitrogens with zero attached hydrogens (tertiary/aromatic N) is 1. The van der Waals surface area contributed by atoms with E-state index in [1.54, 1.807) is 0 Å². The third-order valence-electron chi connectivity index (χ3n) is 3.70. The summed E-state index contributed by atoms with van der Waals surface area (Å²) in [6.07, 6.45) is 4.22. The van der Waals surface area contributed by atoms with Crippen LogP contribution in [0.25, 0.3) is 0 Å². The molecule has 2 saturated heterocycles. The van der Waals surface area contributed by atoms with Gasteiger partial charge in [0, 0.05) is 6.54 Å². The summed E-state index contributed by atoms with van der Waals surface area (Å²) in [6, 6.07) is 0. The molecule has 0 bridgehead atoms. The summed E-state index contributed by atoms with van der Waals surface area (Å²) in [7, 11) is 0. The smallest absolute Gasteiger partial charge is 0.00327 e. The first kappa shape index (κ1) is 10.4. The summed E-state index contributed by atoms with van der Waals surface area (Å²) in [5.74, 6) is 0.972. The number of rotatable bonds is 3. The predicted molar refractivity (Wildman–Crippen MR) is 60.4 cm³/mol. The fraction of sp³-hybridized carbons (Fsp3) is 1.00. The van der Waals surface area contributed by atoms with Gasteiger partial charge in [0.25, 0.3) is 0 Å². The molecule has 0 atom stereocenters. The molecule has 2 nitrogen and oxygen atoms in total. The molecule has 0 saturated carbocycles. The van der Waals surface area contributed by atoms with E-state index in [9.17, 15) is 0 Å². The highest BCUT2D eigenvalue weighted by Gasteiger charge is 2.27. The van der Waals surface area contributed by atoms with Gasteiger partial charge in [-0.3, -0.25) is 0 Å². The molecule has 0 aliphatic carbocycles. The van der Waals surface area contributed by atoms with Crippen LogP contribution in [0.15, 0.2) is 0 Å². The number of likely N-dealkylation sites (tertiary alicyclic amines) is 1. The number of piperidine rings is 1. The molecule has 2 aliphatic heterocycles. The SMILES string of the molecule is CC1(C)CCCN(CCC2CNC2)C1. The minimum absolute atomic E-state index is 0.566. The zero-order valence-corrected chi connectivity index (χ0v) is 9.68. The van der Waals surface area contributed by atoms with Crippen LogP contribution in [-0.2, 0) is 0 Å². The predicted octanol–water partition coefficient (Wildman–Crippen LogP) is 1.72. The molecule has 2 fully saturated rings. The highest BCUT2D eigenvalue weighted by atomic mass is 15.1. The molecule has 0 aromatic heterocycles. The van der Waals surface area contributed by atoms with Crippen molar-refractivity contribution in [3.63, 3.8) is 0 Å². The minimum Gasteiger partial charge on any atom is -0.316 e. The Hall–Kier alpha value is -0.0800. The van der Waals surface area contributed by atoms with E-state index >= 15 is 0 Å². The Bertz CT molecular complexity index is 185. The Morgan fingerprint density at radius 1 is 1.36 bits per heavy atom. The van der Waals surface area contributed by atoms with E-state index in [1.807, 2.05) is 0 Å². The van der Waals surface area contributed by atoms with E-state index < -0.39 is 0 Å². The molecule has 2 heterocycles. The summed E-state index contributed by atoms with van der Waals surface area (Å²) >= 11 is 0. The van der Waals surface area contributed by atoms with Crippen LogP contribution in [0.2, 0.25) is 0 Å². The Morgan fingerprint density at radius 2 is 2.14 bits per heavy atom. The molecule has 14 heavy (non-hydrogen) atoms. The first-order valence-electron chi connectivity index (χ1n) is 6.09. The van der Waals surface area contributed by atoms with Gasteiger partial charge in [0.1, 0.15) is 0 Å². The van der Waals surface area contributed by atoms with Gasteiger partial charge in [-0.2, -0.15) is 0 Å². The maximum absolute atomic E-state index is 3.35. The second kappa shape index (κ2) is 4.19. The summed E-state index contributed by atoms with van der Waals surface area (Å²) in [6.45, 7) is 11.3. The molecule has 2 heteroatoms. The lowest BCUT2D eigenvalue weighted by molar-refractivity contribution is 0.107. The van der Waals surface area contributed by atoms with Gasteiger partial charge in [-0.15, -0.1) is 0 Å². The molecule has 0 aromatic rings. The Morgan fingerprint density at radius 3 is 2.71 bits per heavy atom. The van der Waals surface area contributed by atoms with Crippen LogP contribution in [0.1, 0.15) is 33.1 Å². The second-order valence-electron chi connectivity index (χ2n) is 5.86. The van der Waals surface area contributed by atoms with Crippen molar-refractivity contribution in [2.24, 2.45) is 11.3 Å². The molecule has 0 aromatic carbocycles. The van der Waals surface area contributed by atoms with Crippen LogP contribution >= 0.6 is 0 Å². The fourth-order valence-corrected chi connectivity index (χ4v) is 2.65. The summed E-state index contributed by atoms with van der Waals surface area (Å²) in [5.41, 5.74) is 0.566. The van der Waals surface area contributed by atoms with E-state index in [0.29, 0.717) is 5.41 Å². The molecule has 2 aliphatic rings. The summed E-state index contributed by atoms with van der Waals surface area (Å²) in [5, 5.41) is 3.35. The van der Waals surface area contributed by atoms with Gasteiger partial charge in [0.05, 0.1) is 0 Å². The average molecular weight is 196 g/mol. The van der Waals surface area contributed by atoms with E-state index in [1.165, 1.54) is 52.0 Å². The van der Waals surface area contributed by atoms with Gasteiger partial charge in [0.15, 0.2) is 0 Å². The minimum atomic E-state index is 0.566. The number of nitrogens with one attached hydrogen (secondary N) is 1. The van der Waals surface area contributed by atoms with Crippen LogP contribution in [-0.4, -0.2) is 37.6 Å². The third kappa shape index (κ3) is 2.71. The first-order chi connectivity index (χ1) is 6.66. The van der Waals surface area contributed by atoms with Crippen molar-refractivity contribution >= 4 is 0 Å². The highest BCUT2D eigenvalue weighted by Crippen LogP contribution is 2.28. The van der Waals surface area contributed by atoms with Crippen molar-refractivity contribution < 1.29 is 0 Å². The molecule has 0 amide bonds. The van der Waals surface area contributed by atoms with Crippen molar-refractivity contribution in [1.82, 2.24) is 10.2 Å². The maximum Gasteiger partial charge on any atom is 0.00327 e. The maximum atomic E-state index is 3.35.